The van der Waals surface area contributed by atoms with Gasteiger partial charge in [0.2, 0.25) is 0 Å². The number of benzene rings is 1. The second kappa shape index (κ2) is 4.90. The van der Waals surface area contributed by atoms with Crippen molar-refractivity contribution in [2.75, 3.05) is 0 Å². The number of aryl methyl sites for hydroxylation is 3. The standard InChI is InChI=1S/C14H17FN2O/c1-9-6-11(15)4-5-13(9)14(18)8-12-7-10(2)16-17(12)3/h4-7,14,18H,8H2,1-3H3. The fourth-order valence-corrected chi connectivity index (χ4v) is 2.18. The zero-order chi connectivity index (χ0) is 13.3. The minimum atomic E-state index is -0.639. The lowest BCUT2D eigenvalue weighted by Gasteiger charge is -2.13. The number of aliphatic hydroxyl groups is 1. The van der Waals surface area contributed by atoms with Gasteiger partial charge in [0, 0.05) is 19.2 Å². The van der Waals surface area contributed by atoms with Crippen molar-refractivity contribution in [1.29, 1.82) is 0 Å². The largest absolute Gasteiger partial charge is 0.388 e. The third kappa shape index (κ3) is 2.59. The molecule has 0 saturated carbocycles. The molecule has 1 aromatic heterocycles. The first-order valence-corrected chi connectivity index (χ1v) is 5.91. The Morgan fingerprint density at radius 1 is 1.33 bits per heavy atom. The summed E-state index contributed by atoms with van der Waals surface area (Å²) in [5.74, 6) is -0.278. The highest BCUT2D eigenvalue weighted by atomic mass is 19.1. The third-order valence-corrected chi connectivity index (χ3v) is 3.09. The maximum atomic E-state index is 13.0. The van der Waals surface area contributed by atoms with Crippen molar-refractivity contribution in [2.24, 2.45) is 7.05 Å². The normalized spacial score (nSPS) is 12.7. The summed E-state index contributed by atoms with van der Waals surface area (Å²) in [6.45, 7) is 3.72. The quantitative estimate of drug-likeness (QED) is 0.906. The van der Waals surface area contributed by atoms with Crippen LogP contribution >= 0.6 is 0 Å². The molecule has 2 aromatic rings. The predicted octanol–water partition coefficient (Wildman–Crippen LogP) is 2.45. The lowest BCUT2D eigenvalue weighted by molar-refractivity contribution is 0.175. The van der Waals surface area contributed by atoms with E-state index < -0.39 is 6.10 Å². The summed E-state index contributed by atoms with van der Waals surface area (Å²) < 4.78 is 14.8. The first kappa shape index (κ1) is 12.8. The summed E-state index contributed by atoms with van der Waals surface area (Å²) in [5.41, 5.74) is 3.41. The van der Waals surface area contributed by atoms with Crippen molar-refractivity contribution in [3.8, 4) is 0 Å². The molecule has 2 rings (SSSR count). The molecule has 0 aliphatic heterocycles. The maximum absolute atomic E-state index is 13.0. The average molecular weight is 248 g/mol. The van der Waals surface area contributed by atoms with Gasteiger partial charge in [-0.25, -0.2) is 4.39 Å². The van der Waals surface area contributed by atoms with E-state index in [1.165, 1.54) is 12.1 Å². The fourth-order valence-electron chi connectivity index (χ4n) is 2.18. The monoisotopic (exact) mass is 248 g/mol. The molecule has 18 heavy (non-hydrogen) atoms. The number of nitrogens with zero attached hydrogens (tertiary/aromatic N) is 2. The molecule has 1 atom stereocenters. The average Bonchev–Trinajstić information content (AvgIpc) is 2.57. The first-order chi connectivity index (χ1) is 8.47. The molecular formula is C14H17FN2O. The molecule has 1 N–H and O–H groups in total. The van der Waals surface area contributed by atoms with E-state index in [0.717, 1.165) is 22.5 Å². The molecule has 0 radical (unpaired) electrons. The van der Waals surface area contributed by atoms with Crippen LogP contribution in [0.15, 0.2) is 24.3 Å². The van der Waals surface area contributed by atoms with Crippen LogP contribution in [0.1, 0.15) is 28.6 Å². The van der Waals surface area contributed by atoms with Gasteiger partial charge in [0.1, 0.15) is 5.82 Å². The van der Waals surface area contributed by atoms with Crippen LogP contribution in [0.25, 0.3) is 0 Å². The van der Waals surface area contributed by atoms with Crippen LogP contribution in [-0.4, -0.2) is 14.9 Å². The fraction of sp³-hybridized carbons (Fsp3) is 0.357. The summed E-state index contributed by atoms with van der Waals surface area (Å²) in [6.07, 6.45) is -0.163. The number of hydrogen-bond acceptors (Lipinski definition) is 2. The van der Waals surface area contributed by atoms with E-state index >= 15 is 0 Å². The second-order valence-electron chi connectivity index (χ2n) is 4.62. The van der Waals surface area contributed by atoms with Crippen LogP contribution in [0, 0.1) is 19.7 Å². The van der Waals surface area contributed by atoms with E-state index in [1.54, 1.807) is 17.7 Å². The van der Waals surface area contributed by atoms with E-state index in [9.17, 15) is 9.50 Å². The molecular weight excluding hydrogens is 231 g/mol. The Kier molecular flexibility index (Phi) is 3.48. The Labute approximate surface area is 106 Å². The van der Waals surface area contributed by atoms with Crippen LogP contribution in [0.3, 0.4) is 0 Å². The highest BCUT2D eigenvalue weighted by molar-refractivity contribution is 5.29. The lowest BCUT2D eigenvalue weighted by Crippen LogP contribution is -2.07. The van der Waals surface area contributed by atoms with Gasteiger partial charge in [-0.2, -0.15) is 5.10 Å². The molecule has 96 valence electrons. The van der Waals surface area contributed by atoms with Crippen molar-refractivity contribution in [1.82, 2.24) is 9.78 Å². The zero-order valence-corrected chi connectivity index (χ0v) is 10.8. The maximum Gasteiger partial charge on any atom is 0.123 e. The van der Waals surface area contributed by atoms with Gasteiger partial charge in [0.05, 0.1) is 11.8 Å². The third-order valence-electron chi connectivity index (χ3n) is 3.09. The highest BCUT2D eigenvalue weighted by Crippen LogP contribution is 2.22. The molecule has 3 nitrogen and oxygen atoms in total. The minimum absolute atomic E-state index is 0.278. The highest BCUT2D eigenvalue weighted by Gasteiger charge is 2.14. The Hall–Kier alpha value is -1.68. The van der Waals surface area contributed by atoms with Crippen molar-refractivity contribution in [3.05, 3.63) is 52.6 Å². The van der Waals surface area contributed by atoms with Gasteiger partial charge in [-0.3, -0.25) is 4.68 Å². The van der Waals surface area contributed by atoms with Crippen LogP contribution in [0.4, 0.5) is 4.39 Å². The number of rotatable bonds is 3. The molecule has 0 fully saturated rings. The summed E-state index contributed by atoms with van der Waals surface area (Å²) in [4.78, 5) is 0. The topological polar surface area (TPSA) is 38.0 Å². The van der Waals surface area contributed by atoms with Gasteiger partial charge in [-0.15, -0.1) is 0 Å². The van der Waals surface area contributed by atoms with Crippen LogP contribution < -0.4 is 0 Å². The molecule has 0 saturated heterocycles. The Morgan fingerprint density at radius 2 is 2.06 bits per heavy atom. The van der Waals surface area contributed by atoms with E-state index in [1.807, 2.05) is 20.0 Å². The summed E-state index contributed by atoms with van der Waals surface area (Å²) in [7, 11) is 1.85. The molecule has 1 heterocycles. The number of aromatic nitrogens is 2. The second-order valence-corrected chi connectivity index (χ2v) is 4.62. The molecule has 0 amide bonds. The molecule has 0 bridgehead atoms. The summed E-state index contributed by atoms with van der Waals surface area (Å²) >= 11 is 0. The molecule has 0 aliphatic rings. The smallest absolute Gasteiger partial charge is 0.123 e. The first-order valence-electron chi connectivity index (χ1n) is 5.91. The SMILES string of the molecule is Cc1cc(CC(O)c2ccc(F)cc2C)n(C)n1. The van der Waals surface area contributed by atoms with Crippen molar-refractivity contribution in [2.45, 2.75) is 26.4 Å². The lowest BCUT2D eigenvalue weighted by atomic mass is 10.00. The van der Waals surface area contributed by atoms with Crippen molar-refractivity contribution < 1.29 is 9.50 Å². The molecule has 0 aliphatic carbocycles. The molecule has 1 unspecified atom stereocenters. The molecule has 1 aromatic carbocycles. The minimum Gasteiger partial charge on any atom is -0.388 e. The van der Waals surface area contributed by atoms with Gasteiger partial charge in [-0.1, -0.05) is 6.07 Å². The Bertz CT molecular complexity index is 563. The van der Waals surface area contributed by atoms with Crippen LogP contribution in [-0.2, 0) is 13.5 Å². The van der Waals surface area contributed by atoms with Crippen molar-refractivity contribution in [3.63, 3.8) is 0 Å². The Balaban J connectivity index is 2.21. The summed E-state index contributed by atoms with van der Waals surface area (Å²) in [6, 6.07) is 6.40. The van der Waals surface area contributed by atoms with Gasteiger partial charge in [0.15, 0.2) is 0 Å². The summed E-state index contributed by atoms with van der Waals surface area (Å²) in [5, 5.41) is 14.5. The van der Waals surface area contributed by atoms with Gasteiger partial charge >= 0.3 is 0 Å². The van der Waals surface area contributed by atoms with Crippen molar-refractivity contribution >= 4 is 0 Å². The zero-order valence-electron chi connectivity index (χ0n) is 10.8. The van der Waals surface area contributed by atoms with E-state index in [0.29, 0.717) is 6.42 Å². The van der Waals surface area contributed by atoms with E-state index in [2.05, 4.69) is 5.10 Å². The number of aliphatic hydroxyl groups excluding tert-OH is 1. The number of hydrogen-bond donors (Lipinski definition) is 1. The molecule has 0 spiro atoms. The van der Waals surface area contributed by atoms with E-state index in [-0.39, 0.29) is 5.82 Å². The van der Waals surface area contributed by atoms with Gasteiger partial charge in [0.25, 0.3) is 0 Å². The van der Waals surface area contributed by atoms with Gasteiger partial charge in [-0.05, 0) is 43.2 Å². The number of halogens is 1. The van der Waals surface area contributed by atoms with Gasteiger partial charge < -0.3 is 5.11 Å². The van der Waals surface area contributed by atoms with E-state index in [4.69, 9.17) is 0 Å². The predicted molar refractivity (Wildman–Crippen MR) is 67.7 cm³/mol. The van der Waals surface area contributed by atoms with Crippen LogP contribution in [0.2, 0.25) is 0 Å². The molecule has 4 heteroatoms. The Morgan fingerprint density at radius 3 is 2.61 bits per heavy atom. The van der Waals surface area contributed by atoms with Crippen LogP contribution in [0.5, 0.6) is 0 Å².